The average molecular weight is 285 g/mol. The summed E-state index contributed by atoms with van der Waals surface area (Å²) in [5.74, 6) is 0.196. The van der Waals surface area contributed by atoms with Gasteiger partial charge in [-0.15, -0.1) is 11.3 Å². The third-order valence-electron chi connectivity index (χ3n) is 3.80. The molecule has 20 heavy (non-hydrogen) atoms. The highest BCUT2D eigenvalue weighted by atomic mass is 32.1. The van der Waals surface area contributed by atoms with Crippen LogP contribution in [-0.4, -0.2) is 23.4 Å². The van der Waals surface area contributed by atoms with Crippen molar-refractivity contribution in [2.75, 3.05) is 6.54 Å². The number of amides is 1. The van der Waals surface area contributed by atoms with Crippen molar-refractivity contribution in [2.24, 2.45) is 0 Å². The molecule has 1 aromatic carbocycles. The molecule has 1 heterocycles. The lowest BCUT2D eigenvalue weighted by Crippen LogP contribution is -2.35. The molecule has 1 fully saturated rings. The summed E-state index contributed by atoms with van der Waals surface area (Å²) in [4.78, 5) is 16.2. The van der Waals surface area contributed by atoms with Gasteiger partial charge in [-0.25, -0.2) is 0 Å². The average Bonchev–Trinajstić information content (AvgIpc) is 3.15. The number of rotatable bonds is 5. The molecule has 3 rings (SSSR count). The molecule has 0 aliphatic heterocycles. The topological polar surface area (TPSA) is 20.3 Å². The number of thiophene rings is 1. The third kappa shape index (κ3) is 2.93. The van der Waals surface area contributed by atoms with Crippen LogP contribution in [0.25, 0.3) is 0 Å². The lowest BCUT2D eigenvalue weighted by atomic mass is 10.1. The Kier molecular flexibility index (Phi) is 3.88. The van der Waals surface area contributed by atoms with Gasteiger partial charge in [0, 0.05) is 23.0 Å². The van der Waals surface area contributed by atoms with Crippen LogP contribution >= 0.6 is 11.3 Å². The number of aryl methyl sites for hydroxylation is 1. The second-order valence-corrected chi connectivity index (χ2v) is 6.41. The number of nitrogens with zero attached hydrogens (tertiary/aromatic N) is 1. The van der Waals surface area contributed by atoms with Gasteiger partial charge in [-0.05, 0) is 49.3 Å². The zero-order chi connectivity index (χ0) is 13.9. The van der Waals surface area contributed by atoms with E-state index in [4.69, 9.17) is 0 Å². The minimum absolute atomic E-state index is 0.196. The van der Waals surface area contributed by atoms with Crippen molar-refractivity contribution in [3.63, 3.8) is 0 Å². The Labute approximate surface area is 124 Å². The van der Waals surface area contributed by atoms with Crippen LogP contribution < -0.4 is 0 Å². The van der Waals surface area contributed by atoms with Gasteiger partial charge in [0.15, 0.2) is 0 Å². The number of benzene rings is 1. The van der Waals surface area contributed by atoms with Gasteiger partial charge >= 0.3 is 0 Å². The monoisotopic (exact) mass is 285 g/mol. The molecule has 1 amide bonds. The summed E-state index contributed by atoms with van der Waals surface area (Å²) < 4.78 is 0. The Morgan fingerprint density at radius 2 is 2.05 bits per heavy atom. The molecule has 0 spiro atoms. The number of hydrogen-bond donors (Lipinski definition) is 0. The fourth-order valence-electron chi connectivity index (χ4n) is 2.49. The van der Waals surface area contributed by atoms with Crippen molar-refractivity contribution in [2.45, 2.75) is 32.2 Å². The zero-order valence-electron chi connectivity index (χ0n) is 11.7. The summed E-state index contributed by atoms with van der Waals surface area (Å²) in [7, 11) is 0. The Hall–Kier alpha value is -1.61. The van der Waals surface area contributed by atoms with Crippen LogP contribution in [0.15, 0.2) is 41.8 Å². The first-order valence-electron chi connectivity index (χ1n) is 7.14. The summed E-state index contributed by atoms with van der Waals surface area (Å²) in [6.45, 7) is 2.84. The normalized spacial score (nSPS) is 14.2. The van der Waals surface area contributed by atoms with Crippen LogP contribution in [0, 0.1) is 6.92 Å². The van der Waals surface area contributed by atoms with Crippen molar-refractivity contribution < 1.29 is 4.79 Å². The smallest absolute Gasteiger partial charge is 0.254 e. The van der Waals surface area contributed by atoms with Crippen molar-refractivity contribution >= 4 is 17.2 Å². The summed E-state index contributed by atoms with van der Waals surface area (Å²) in [6.07, 6.45) is 3.27. The molecule has 0 N–H and O–H groups in total. The predicted molar refractivity (Wildman–Crippen MR) is 83.3 cm³/mol. The Morgan fingerprint density at radius 1 is 1.25 bits per heavy atom. The molecule has 0 unspecified atom stereocenters. The lowest BCUT2D eigenvalue weighted by molar-refractivity contribution is 0.0744. The molecule has 1 aromatic heterocycles. The summed E-state index contributed by atoms with van der Waals surface area (Å²) >= 11 is 1.77. The predicted octanol–water partition coefficient (Wildman–Crippen LogP) is 3.90. The van der Waals surface area contributed by atoms with Crippen LogP contribution in [0.4, 0.5) is 0 Å². The van der Waals surface area contributed by atoms with Gasteiger partial charge in [-0.1, -0.05) is 24.3 Å². The highest BCUT2D eigenvalue weighted by Crippen LogP contribution is 2.29. The first kappa shape index (κ1) is 13.4. The molecule has 2 nitrogen and oxygen atoms in total. The molecule has 0 saturated heterocycles. The standard InChI is InChI=1S/C17H19NOS/c1-13-5-2-3-7-16(13)17(19)18(14-8-9-14)11-10-15-6-4-12-20-15/h2-7,12,14H,8-11H2,1H3. The summed E-state index contributed by atoms with van der Waals surface area (Å²) in [5, 5.41) is 2.10. The molecule has 0 bridgehead atoms. The van der Waals surface area contributed by atoms with Gasteiger partial charge in [0.05, 0.1) is 0 Å². The van der Waals surface area contributed by atoms with Crippen molar-refractivity contribution in [3.8, 4) is 0 Å². The molecular formula is C17H19NOS. The number of carbonyl (C=O) groups excluding carboxylic acids is 1. The largest absolute Gasteiger partial charge is 0.335 e. The molecule has 2 aromatic rings. The molecule has 104 valence electrons. The fourth-order valence-corrected chi connectivity index (χ4v) is 3.19. The van der Waals surface area contributed by atoms with E-state index in [-0.39, 0.29) is 5.91 Å². The van der Waals surface area contributed by atoms with E-state index in [1.807, 2.05) is 31.2 Å². The van der Waals surface area contributed by atoms with Gasteiger partial charge in [-0.3, -0.25) is 4.79 Å². The first-order chi connectivity index (χ1) is 9.75. The maximum absolute atomic E-state index is 12.7. The third-order valence-corrected chi connectivity index (χ3v) is 4.74. The Bertz CT molecular complexity index is 587. The van der Waals surface area contributed by atoms with Crippen molar-refractivity contribution in [1.29, 1.82) is 0 Å². The van der Waals surface area contributed by atoms with E-state index in [2.05, 4.69) is 22.4 Å². The quantitative estimate of drug-likeness (QED) is 0.816. The van der Waals surface area contributed by atoms with Crippen LogP contribution in [0.5, 0.6) is 0 Å². The number of hydrogen-bond acceptors (Lipinski definition) is 2. The number of carbonyl (C=O) groups is 1. The molecular weight excluding hydrogens is 266 g/mol. The SMILES string of the molecule is Cc1ccccc1C(=O)N(CCc1cccs1)C1CC1. The van der Waals surface area contributed by atoms with Crippen LogP contribution in [-0.2, 0) is 6.42 Å². The van der Waals surface area contributed by atoms with E-state index < -0.39 is 0 Å². The minimum atomic E-state index is 0.196. The van der Waals surface area contributed by atoms with E-state index in [0.29, 0.717) is 6.04 Å². The summed E-state index contributed by atoms with van der Waals surface area (Å²) in [5.41, 5.74) is 1.92. The summed E-state index contributed by atoms with van der Waals surface area (Å²) in [6, 6.07) is 12.6. The second-order valence-electron chi connectivity index (χ2n) is 5.37. The molecule has 1 saturated carbocycles. The van der Waals surface area contributed by atoms with Crippen molar-refractivity contribution in [1.82, 2.24) is 4.90 Å². The van der Waals surface area contributed by atoms with E-state index >= 15 is 0 Å². The van der Waals surface area contributed by atoms with Crippen LogP contribution in [0.1, 0.15) is 33.6 Å². The first-order valence-corrected chi connectivity index (χ1v) is 8.02. The van der Waals surface area contributed by atoms with Crippen molar-refractivity contribution in [3.05, 3.63) is 57.8 Å². The van der Waals surface area contributed by atoms with Crippen LogP contribution in [0.2, 0.25) is 0 Å². The highest BCUT2D eigenvalue weighted by Gasteiger charge is 2.33. The van der Waals surface area contributed by atoms with E-state index in [1.165, 1.54) is 4.88 Å². The fraction of sp³-hybridized carbons (Fsp3) is 0.353. The lowest BCUT2D eigenvalue weighted by Gasteiger charge is -2.23. The maximum Gasteiger partial charge on any atom is 0.254 e. The second kappa shape index (κ2) is 5.80. The Morgan fingerprint density at radius 3 is 2.70 bits per heavy atom. The highest BCUT2D eigenvalue weighted by molar-refractivity contribution is 7.09. The minimum Gasteiger partial charge on any atom is -0.335 e. The van der Waals surface area contributed by atoms with Gasteiger partial charge in [0.1, 0.15) is 0 Å². The maximum atomic E-state index is 12.7. The van der Waals surface area contributed by atoms with Gasteiger partial charge in [0.25, 0.3) is 5.91 Å². The zero-order valence-corrected chi connectivity index (χ0v) is 12.5. The van der Waals surface area contributed by atoms with E-state index in [1.54, 1.807) is 11.3 Å². The van der Waals surface area contributed by atoms with Gasteiger partial charge in [-0.2, -0.15) is 0 Å². The molecule has 1 aliphatic carbocycles. The van der Waals surface area contributed by atoms with E-state index in [9.17, 15) is 4.79 Å². The van der Waals surface area contributed by atoms with E-state index in [0.717, 1.165) is 36.9 Å². The molecule has 1 aliphatic rings. The van der Waals surface area contributed by atoms with Gasteiger partial charge in [0.2, 0.25) is 0 Å². The molecule has 0 radical (unpaired) electrons. The molecule has 0 atom stereocenters. The van der Waals surface area contributed by atoms with Gasteiger partial charge < -0.3 is 4.90 Å². The van der Waals surface area contributed by atoms with Crippen LogP contribution in [0.3, 0.4) is 0 Å². The molecule has 3 heteroatoms. The Balaban J connectivity index is 1.73.